The van der Waals surface area contributed by atoms with Crippen molar-refractivity contribution >= 4 is 21.8 Å². The van der Waals surface area contributed by atoms with Crippen molar-refractivity contribution in [1.82, 2.24) is 10.6 Å². The molecule has 0 bridgehead atoms. The Morgan fingerprint density at radius 3 is 2.85 bits per heavy atom. The van der Waals surface area contributed by atoms with E-state index in [2.05, 4.69) is 26.6 Å². The van der Waals surface area contributed by atoms with Crippen molar-refractivity contribution in [2.24, 2.45) is 0 Å². The Morgan fingerprint density at radius 2 is 2.20 bits per heavy atom. The molecule has 1 aliphatic rings. The van der Waals surface area contributed by atoms with Crippen molar-refractivity contribution in [2.75, 3.05) is 6.61 Å². The lowest BCUT2D eigenvalue weighted by Crippen LogP contribution is -2.34. The summed E-state index contributed by atoms with van der Waals surface area (Å²) in [6.07, 6.45) is 2.53. The van der Waals surface area contributed by atoms with Crippen molar-refractivity contribution in [3.05, 3.63) is 28.2 Å². The largest absolute Gasteiger partial charge is 0.484 e. The van der Waals surface area contributed by atoms with Crippen LogP contribution in [0.4, 0.5) is 0 Å². The molecular weight excluding hydrogens is 320 g/mol. The van der Waals surface area contributed by atoms with Gasteiger partial charge >= 0.3 is 0 Å². The first-order valence-electron chi connectivity index (χ1n) is 6.98. The number of benzene rings is 1. The SMILES string of the molecule is CC(C)NC(=O)COc1ccc(Br)c(CNC2CC2)c1. The van der Waals surface area contributed by atoms with Gasteiger partial charge in [0.1, 0.15) is 5.75 Å². The minimum atomic E-state index is -0.0967. The van der Waals surface area contributed by atoms with Crippen molar-refractivity contribution in [2.45, 2.75) is 45.3 Å². The van der Waals surface area contributed by atoms with Crippen LogP contribution < -0.4 is 15.4 Å². The van der Waals surface area contributed by atoms with Gasteiger partial charge in [-0.05, 0) is 50.5 Å². The maximum Gasteiger partial charge on any atom is 0.258 e. The lowest BCUT2D eigenvalue weighted by molar-refractivity contribution is -0.123. The summed E-state index contributed by atoms with van der Waals surface area (Å²) in [4.78, 5) is 11.5. The van der Waals surface area contributed by atoms with Crippen LogP contribution in [-0.4, -0.2) is 24.6 Å². The van der Waals surface area contributed by atoms with Gasteiger partial charge in [-0.2, -0.15) is 0 Å². The molecule has 20 heavy (non-hydrogen) atoms. The van der Waals surface area contributed by atoms with Crippen molar-refractivity contribution < 1.29 is 9.53 Å². The summed E-state index contributed by atoms with van der Waals surface area (Å²) in [5, 5.41) is 6.27. The highest BCUT2D eigenvalue weighted by Crippen LogP contribution is 2.25. The van der Waals surface area contributed by atoms with E-state index in [-0.39, 0.29) is 18.6 Å². The molecule has 0 saturated heterocycles. The van der Waals surface area contributed by atoms with Gasteiger partial charge in [0, 0.05) is 23.1 Å². The van der Waals surface area contributed by atoms with E-state index < -0.39 is 0 Å². The summed E-state index contributed by atoms with van der Waals surface area (Å²) < 4.78 is 6.59. The van der Waals surface area contributed by atoms with Crippen LogP contribution in [0.15, 0.2) is 22.7 Å². The summed E-state index contributed by atoms with van der Waals surface area (Å²) in [5.41, 5.74) is 1.15. The molecular formula is C15H21BrN2O2. The van der Waals surface area contributed by atoms with Gasteiger partial charge in [0.05, 0.1) is 0 Å². The predicted molar refractivity (Wildman–Crippen MR) is 82.8 cm³/mol. The van der Waals surface area contributed by atoms with Crippen molar-refractivity contribution in [1.29, 1.82) is 0 Å². The average molecular weight is 341 g/mol. The number of nitrogens with one attached hydrogen (secondary N) is 2. The molecule has 1 amide bonds. The Morgan fingerprint density at radius 1 is 1.45 bits per heavy atom. The van der Waals surface area contributed by atoms with Gasteiger partial charge in [-0.1, -0.05) is 15.9 Å². The van der Waals surface area contributed by atoms with E-state index in [1.54, 1.807) is 0 Å². The Bertz CT molecular complexity index is 473. The second kappa shape index (κ2) is 7.09. The van der Waals surface area contributed by atoms with E-state index in [9.17, 15) is 4.79 Å². The summed E-state index contributed by atoms with van der Waals surface area (Å²) in [6.45, 7) is 4.73. The fourth-order valence-corrected chi connectivity index (χ4v) is 2.22. The van der Waals surface area contributed by atoms with E-state index >= 15 is 0 Å². The molecule has 2 rings (SSSR count). The quantitative estimate of drug-likeness (QED) is 0.802. The molecule has 0 radical (unpaired) electrons. The first-order chi connectivity index (χ1) is 9.54. The number of carbonyl (C=O) groups excluding carboxylic acids is 1. The van der Waals surface area contributed by atoms with Crippen LogP contribution in [-0.2, 0) is 11.3 Å². The van der Waals surface area contributed by atoms with E-state index in [0.717, 1.165) is 22.3 Å². The molecule has 1 saturated carbocycles. The van der Waals surface area contributed by atoms with Crippen LogP contribution in [0.2, 0.25) is 0 Å². The zero-order valence-electron chi connectivity index (χ0n) is 11.9. The molecule has 1 fully saturated rings. The number of rotatable bonds is 7. The van der Waals surface area contributed by atoms with E-state index in [4.69, 9.17) is 4.74 Å². The maximum atomic E-state index is 11.5. The molecule has 1 aromatic carbocycles. The Labute approximate surface area is 128 Å². The van der Waals surface area contributed by atoms with Crippen LogP contribution in [0.3, 0.4) is 0 Å². The van der Waals surface area contributed by atoms with Gasteiger partial charge in [0.15, 0.2) is 6.61 Å². The lowest BCUT2D eigenvalue weighted by Gasteiger charge is -2.12. The number of carbonyl (C=O) groups is 1. The average Bonchev–Trinajstić information content (AvgIpc) is 3.19. The number of amides is 1. The van der Waals surface area contributed by atoms with Crippen molar-refractivity contribution in [3.8, 4) is 5.75 Å². The first kappa shape index (κ1) is 15.3. The van der Waals surface area contributed by atoms with Gasteiger partial charge in [0.25, 0.3) is 5.91 Å². The Kier molecular flexibility index (Phi) is 5.43. The summed E-state index contributed by atoms with van der Waals surface area (Å²) in [6, 6.07) is 6.60. The van der Waals surface area contributed by atoms with Gasteiger partial charge in [-0.3, -0.25) is 4.79 Å². The maximum absolute atomic E-state index is 11.5. The molecule has 0 heterocycles. The highest BCUT2D eigenvalue weighted by Gasteiger charge is 2.20. The molecule has 0 atom stereocenters. The van der Waals surface area contributed by atoms with E-state index in [1.165, 1.54) is 12.8 Å². The zero-order chi connectivity index (χ0) is 14.5. The third kappa shape index (κ3) is 5.13. The molecule has 1 aromatic rings. The fraction of sp³-hybridized carbons (Fsp3) is 0.533. The summed E-state index contributed by atoms with van der Waals surface area (Å²) in [7, 11) is 0. The van der Waals surface area contributed by atoms with Gasteiger partial charge in [-0.15, -0.1) is 0 Å². The van der Waals surface area contributed by atoms with Crippen molar-refractivity contribution in [3.63, 3.8) is 0 Å². The molecule has 0 aliphatic heterocycles. The zero-order valence-corrected chi connectivity index (χ0v) is 13.5. The minimum Gasteiger partial charge on any atom is -0.484 e. The normalized spacial score (nSPS) is 14.4. The van der Waals surface area contributed by atoms with Crippen LogP contribution in [0.25, 0.3) is 0 Å². The molecule has 0 aromatic heterocycles. The molecule has 5 heteroatoms. The third-order valence-electron chi connectivity index (χ3n) is 3.00. The second-order valence-corrected chi connectivity index (χ2v) is 6.27. The van der Waals surface area contributed by atoms with Crippen LogP contribution >= 0.6 is 15.9 Å². The van der Waals surface area contributed by atoms with Gasteiger partial charge in [0.2, 0.25) is 0 Å². The van der Waals surface area contributed by atoms with Crippen LogP contribution in [0.1, 0.15) is 32.3 Å². The number of hydrogen-bond acceptors (Lipinski definition) is 3. The Balaban J connectivity index is 1.87. The first-order valence-corrected chi connectivity index (χ1v) is 7.78. The highest BCUT2D eigenvalue weighted by molar-refractivity contribution is 9.10. The Hall–Kier alpha value is -1.07. The van der Waals surface area contributed by atoms with Crippen LogP contribution in [0.5, 0.6) is 5.75 Å². The summed E-state index contributed by atoms with van der Waals surface area (Å²) in [5.74, 6) is 0.625. The number of hydrogen-bond donors (Lipinski definition) is 2. The smallest absolute Gasteiger partial charge is 0.258 e. The number of halogens is 1. The molecule has 1 aliphatic carbocycles. The van der Waals surface area contributed by atoms with E-state index in [1.807, 2.05) is 32.0 Å². The highest BCUT2D eigenvalue weighted by atomic mass is 79.9. The second-order valence-electron chi connectivity index (χ2n) is 5.42. The minimum absolute atomic E-state index is 0.0509. The molecule has 0 spiro atoms. The fourth-order valence-electron chi connectivity index (χ4n) is 1.83. The number of ether oxygens (including phenoxy) is 1. The molecule has 0 unspecified atom stereocenters. The topological polar surface area (TPSA) is 50.4 Å². The lowest BCUT2D eigenvalue weighted by atomic mass is 10.2. The molecule has 2 N–H and O–H groups in total. The van der Waals surface area contributed by atoms with Gasteiger partial charge in [-0.25, -0.2) is 0 Å². The predicted octanol–water partition coefficient (Wildman–Crippen LogP) is 2.60. The molecule has 4 nitrogen and oxygen atoms in total. The molecule has 110 valence electrons. The third-order valence-corrected chi connectivity index (χ3v) is 3.77. The van der Waals surface area contributed by atoms with Gasteiger partial charge < -0.3 is 15.4 Å². The summed E-state index contributed by atoms with van der Waals surface area (Å²) >= 11 is 3.54. The standard InChI is InChI=1S/C15H21BrN2O2/c1-10(2)18-15(19)9-20-13-5-6-14(16)11(7-13)8-17-12-3-4-12/h5-7,10,12,17H,3-4,8-9H2,1-2H3,(H,18,19). The monoisotopic (exact) mass is 340 g/mol. The van der Waals surface area contributed by atoms with Crippen LogP contribution in [0, 0.1) is 0 Å². The van der Waals surface area contributed by atoms with E-state index in [0.29, 0.717) is 6.04 Å².